The summed E-state index contributed by atoms with van der Waals surface area (Å²) in [6.07, 6.45) is 5.92. The van der Waals surface area contributed by atoms with Crippen molar-refractivity contribution in [3.8, 4) is 0 Å². The molecule has 0 aromatic carbocycles. The number of nitrogens with two attached hydrogens (primary N) is 1. The minimum absolute atomic E-state index is 0.0173. The molecule has 0 spiro atoms. The Morgan fingerprint density at radius 3 is 3.07 bits per heavy atom. The molecule has 2 heterocycles. The van der Waals surface area contributed by atoms with Gasteiger partial charge in [-0.1, -0.05) is 0 Å². The van der Waals surface area contributed by atoms with E-state index in [1.807, 2.05) is 23.7 Å². The van der Waals surface area contributed by atoms with E-state index < -0.39 is 0 Å². The first-order valence-electron chi connectivity index (χ1n) is 4.76. The fourth-order valence-electron chi connectivity index (χ4n) is 1.58. The second kappa shape index (κ2) is 4.29. The quantitative estimate of drug-likeness (QED) is 0.572. The summed E-state index contributed by atoms with van der Waals surface area (Å²) in [6, 6.07) is 3.82. The number of aromatic nitrogens is 2. The van der Waals surface area contributed by atoms with Crippen LogP contribution >= 0.6 is 0 Å². The van der Waals surface area contributed by atoms with E-state index in [0.717, 1.165) is 11.5 Å². The fourth-order valence-corrected chi connectivity index (χ4v) is 1.58. The molecule has 1 atom stereocenters. The van der Waals surface area contributed by atoms with Crippen LogP contribution in [0.4, 0.5) is 0 Å². The molecule has 0 bridgehead atoms. The zero-order chi connectivity index (χ0) is 10.7. The fraction of sp³-hybridized carbons (Fsp3) is 0.300. The molecule has 0 aliphatic carbocycles. The van der Waals surface area contributed by atoms with Gasteiger partial charge in [0, 0.05) is 19.7 Å². The van der Waals surface area contributed by atoms with Crippen LogP contribution in [0.2, 0.25) is 0 Å². The van der Waals surface area contributed by atoms with Crippen LogP contribution in [-0.2, 0) is 13.5 Å². The smallest absolute Gasteiger partial charge is 0.105 e. The second-order valence-electron chi connectivity index (χ2n) is 3.43. The maximum atomic E-state index is 5.52. The molecular formula is C10H14N4O. The van der Waals surface area contributed by atoms with Gasteiger partial charge < -0.3 is 8.98 Å². The first-order valence-corrected chi connectivity index (χ1v) is 4.76. The van der Waals surface area contributed by atoms with Gasteiger partial charge in [-0.2, -0.15) is 0 Å². The SMILES string of the molecule is Cn1cncc1C(Cc1ccco1)NN. The maximum absolute atomic E-state index is 5.52. The Morgan fingerprint density at radius 2 is 2.53 bits per heavy atom. The highest BCUT2D eigenvalue weighted by Crippen LogP contribution is 2.16. The molecule has 1 unspecified atom stereocenters. The molecule has 0 saturated carbocycles. The Bertz CT molecular complexity index is 407. The number of aryl methyl sites for hydroxylation is 1. The summed E-state index contributed by atoms with van der Waals surface area (Å²) in [5, 5.41) is 0. The molecular weight excluding hydrogens is 192 g/mol. The molecule has 2 aromatic heterocycles. The zero-order valence-corrected chi connectivity index (χ0v) is 8.55. The number of rotatable bonds is 4. The summed E-state index contributed by atoms with van der Waals surface area (Å²) < 4.78 is 7.22. The first-order chi connectivity index (χ1) is 7.31. The number of imidazole rings is 1. The molecule has 2 rings (SSSR count). The molecule has 0 fully saturated rings. The predicted octanol–water partition coefficient (Wildman–Crippen LogP) is 0.760. The largest absolute Gasteiger partial charge is 0.469 e. The van der Waals surface area contributed by atoms with Crippen molar-refractivity contribution in [2.75, 3.05) is 0 Å². The monoisotopic (exact) mass is 206 g/mol. The maximum Gasteiger partial charge on any atom is 0.105 e. The van der Waals surface area contributed by atoms with E-state index in [1.54, 1.807) is 18.8 Å². The number of furan rings is 1. The highest BCUT2D eigenvalue weighted by atomic mass is 16.3. The van der Waals surface area contributed by atoms with Crippen molar-refractivity contribution < 1.29 is 4.42 Å². The summed E-state index contributed by atoms with van der Waals surface area (Å²) in [6.45, 7) is 0. The van der Waals surface area contributed by atoms with Gasteiger partial charge in [-0.25, -0.2) is 4.98 Å². The summed E-state index contributed by atoms with van der Waals surface area (Å²) in [5.74, 6) is 6.42. The number of hydrogen-bond donors (Lipinski definition) is 2. The van der Waals surface area contributed by atoms with E-state index in [0.29, 0.717) is 6.42 Å². The minimum Gasteiger partial charge on any atom is -0.469 e. The van der Waals surface area contributed by atoms with Gasteiger partial charge >= 0.3 is 0 Å². The van der Waals surface area contributed by atoms with Crippen molar-refractivity contribution in [1.29, 1.82) is 0 Å². The highest BCUT2D eigenvalue weighted by molar-refractivity contribution is 5.10. The topological polar surface area (TPSA) is 69.0 Å². The number of nitrogens with zero attached hydrogens (tertiary/aromatic N) is 2. The van der Waals surface area contributed by atoms with Crippen LogP contribution < -0.4 is 11.3 Å². The Hall–Kier alpha value is -1.59. The lowest BCUT2D eigenvalue weighted by Gasteiger charge is -2.14. The van der Waals surface area contributed by atoms with E-state index in [1.165, 1.54) is 0 Å². The van der Waals surface area contributed by atoms with Crippen molar-refractivity contribution in [2.45, 2.75) is 12.5 Å². The lowest BCUT2D eigenvalue weighted by Crippen LogP contribution is -2.30. The van der Waals surface area contributed by atoms with Crippen molar-refractivity contribution >= 4 is 0 Å². The first kappa shape index (κ1) is 9.95. The van der Waals surface area contributed by atoms with E-state index in [-0.39, 0.29) is 6.04 Å². The Labute approximate surface area is 87.9 Å². The van der Waals surface area contributed by atoms with Crippen molar-refractivity contribution in [2.24, 2.45) is 12.9 Å². The molecule has 5 heteroatoms. The van der Waals surface area contributed by atoms with Gasteiger partial charge in [0.05, 0.1) is 24.3 Å². The highest BCUT2D eigenvalue weighted by Gasteiger charge is 2.14. The van der Waals surface area contributed by atoms with E-state index in [4.69, 9.17) is 10.3 Å². The average molecular weight is 206 g/mol. The van der Waals surface area contributed by atoms with E-state index in [2.05, 4.69) is 10.4 Å². The van der Waals surface area contributed by atoms with Crippen LogP contribution in [0.25, 0.3) is 0 Å². The summed E-state index contributed by atoms with van der Waals surface area (Å²) in [5.41, 5.74) is 3.80. The second-order valence-corrected chi connectivity index (χ2v) is 3.43. The Morgan fingerprint density at radius 1 is 1.67 bits per heavy atom. The molecule has 15 heavy (non-hydrogen) atoms. The van der Waals surface area contributed by atoms with Crippen molar-refractivity contribution in [3.05, 3.63) is 42.4 Å². The number of nitrogens with one attached hydrogen (secondary N) is 1. The Balaban J connectivity index is 2.15. The minimum atomic E-state index is 0.0173. The average Bonchev–Trinajstić information content (AvgIpc) is 2.85. The third-order valence-corrected chi connectivity index (χ3v) is 2.40. The molecule has 0 radical (unpaired) electrons. The number of hydrazine groups is 1. The molecule has 2 aromatic rings. The van der Waals surface area contributed by atoms with Crippen molar-refractivity contribution in [3.63, 3.8) is 0 Å². The van der Waals surface area contributed by atoms with E-state index >= 15 is 0 Å². The van der Waals surface area contributed by atoms with Crippen LogP contribution in [-0.4, -0.2) is 9.55 Å². The molecule has 0 saturated heterocycles. The van der Waals surface area contributed by atoms with Gasteiger partial charge in [-0.3, -0.25) is 11.3 Å². The van der Waals surface area contributed by atoms with Gasteiger partial charge in [0.2, 0.25) is 0 Å². The van der Waals surface area contributed by atoms with E-state index in [9.17, 15) is 0 Å². The molecule has 5 nitrogen and oxygen atoms in total. The summed E-state index contributed by atoms with van der Waals surface area (Å²) >= 11 is 0. The molecule has 0 aliphatic heterocycles. The summed E-state index contributed by atoms with van der Waals surface area (Å²) in [4.78, 5) is 4.06. The molecule has 80 valence electrons. The van der Waals surface area contributed by atoms with Crippen molar-refractivity contribution in [1.82, 2.24) is 15.0 Å². The third kappa shape index (κ3) is 2.08. The lowest BCUT2D eigenvalue weighted by atomic mass is 10.1. The van der Waals surface area contributed by atoms with Gasteiger partial charge in [-0.05, 0) is 12.1 Å². The standard InChI is InChI=1S/C10H14N4O/c1-14-7-12-6-10(14)9(13-11)5-8-3-2-4-15-8/h2-4,6-7,9,13H,5,11H2,1H3. The molecule has 3 N–H and O–H groups in total. The zero-order valence-electron chi connectivity index (χ0n) is 8.55. The van der Waals surface area contributed by atoms with Crippen LogP contribution in [0.3, 0.4) is 0 Å². The normalized spacial score (nSPS) is 12.9. The van der Waals surface area contributed by atoms with Crippen LogP contribution in [0.15, 0.2) is 35.3 Å². The Kier molecular flexibility index (Phi) is 2.84. The molecule has 0 aliphatic rings. The van der Waals surface area contributed by atoms with Gasteiger partial charge in [-0.15, -0.1) is 0 Å². The number of hydrogen-bond acceptors (Lipinski definition) is 4. The van der Waals surface area contributed by atoms with Gasteiger partial charge in [0.15, 0.2) is 0 Å². The third-order valence-electron chi connectivity index (χ3n) is 2.40. The van der Waals surface area contributed by atoms with Crippen LogP contribution in [0, 0.1) is 0 Å². The van der Waals surface area contributed by atoms with Gasteiger partial charge in [0.1, 0.15) is 5.76 Å². The van der Waals surface area contributed by atoms with Crippen LogP contribution in [0.1, 0.15) is 17.5 Å². The van der Waals surface area contributed by atoms with Crippen LogP contribution in [0.5, 0.6) is 0 Å². The lowest BCUT2D eigenvalue weighted by molar-refractivity contribution is 0.444. The predicted molar refractivity (Wildman–Crippen MR) is 55.7 cm³/mol. The molecule has 0 amide bonds. The summed E-state index contributed by atoms with van der Waals surface area (Å²) in [7, 11) is 1.94. The van der Waals surface area contributed by atoms with Gasteiger partial charge in [0.25, 0.3) is 0 Å².